The smallest absolute Gasteiger partial charge is 0.191 e. The minimum absolute atomic E-state index is 0.438. The van der Waals surface area contributed by atoms with Crippen LogP contribution in [-0.2, 0) is 13.5 Å². The molecular formula is C19H29N5S. The maximum absolute atomic E-state index is 4.72. The summed E-state index contributed by atoms with van der Waals surface area (Å²) >= 11 is 1.86. The molecule has 0 fully saturated rings. The van der Waals surface area contributed by atoms with Crippen LogP contribution in [0.25, 0.3) is 0 Å². The summed E-state index contributed by atoms with van der Waals surface area (Å²) in [7, 11) is 1.95. The van der Waals surface area contributed by atoms with E-state index in [2.05, 4.69) is 60.0 Å². The van der Waals surface area contributed by atoms with Gasteiger partial charge in [0, 0.05) is 36.5 Å². The van der Waals surface area contributed by atoms with Crippen LogP contribution in [0.4, 0.5) is 0 Å². The number of aromatic nitrogens is 2. The standard InChI is InChI=1S/C19H29N5S/c1-4-20-19(21-12-8-9-17-14-23-24(3)15-17)22-13-16(2)25-18-10-6-5-7-11-18/h5-7,10-11,14-16H,4,8-9,12-13H2,1-3H3,(H2,20,21,22). The van der Waals surface area contributed by atoms with Crippen LogP contribution in [0, 0.1) is 0 Å². The van der Waals surface area contributed by atoms with Crippen LogP contribution >= 0.6 is 11.8 Å². The molecule has 5 nitrogen and oxygen atoms in total. The summed E-state index contributed by atoms with van der Waals surface area (Å²) in [5, 5.41) is 11.4. The van der Waals surface area contributed by atoms with Crippen molar-refractivity contribution < 1.29 is 0 Å². The SMILES string of the molecule is CCNC(=NCC(C)Sc1ccccc1)NCCCc1cnn(C)c1. The fourth-order valence-corrected chi connectivity index (χ4v) is 3.36. The molecule has 2 N–H and O–H groups in total. The van der Waals surface area contributed by atoms with Gasteiger partial charge in [0.1, 0.15) is 0 Å². The number of hydrogen-bond acceptors (Lipinski definition) is 3. The van der Waals surface area contributed by atoms with E-state index in [0.717, 1.165) is 38.4 Å². The molecule has 1 atom stereocenters. The second-order valence-corrected chi connectivity index (χ2v) is 7.53. The van der Waals surface area contributed by atoms with Crippen molar-refractivity contribution in [2.75, 3.05) is 19.6 Å². The highest BCUT2D eigenvalue weighted by Gasteiger charge is 2.05. The first kappa shape index (κ1) is 19.4. The number of benzene rings is 1. The fraction of sp³-hybridized carbons (Fsp3) is 0.474. The predicted octanol–water partition coefficient (Wildman–Crippen LogP) is 3.09. The van der Waals surface area contributed by atoms with Crippen molar-refractivity contribution in [2.24, 2.45) is 12.0 Å². The van der Waals surface area contributed by atoms with Crippen LogP contribution < -0.4 is 10.6 Å². The van der Waals surface area contributed by atoms with E-state index < -0.39 is 0 Å². The van der Waals surface area contributed by atoms with Gasteiger partial charge in [-0.1, -0.05) is 25.1 Å². The van der Waals surface area contributed by atoms with Crippen LogP contribution in [0.1, 0.15) is 25.8 Å². The molecule has 6 heteroatoms. The zero-order chi connectivity index (χ0) is 17.9. The van der Waals surface area contributed by atoms with Gasteiger partial charge in [-0.3, -0.25) is 9.67 Å². The summed E-state index contributed by atoms with van der Waals surface area (Å²) in [6, 6.07) is 10.5. The Balaban J connectivity index is 1.73. The Labute approximate surface area is 155 Å². The summed E-state index contributed by atoms with van der Waals surface area (Å²) in [5.41, 5.74) is 1.28. The highest BCUT2D eigenvalue weighted by molar-refractivity contribution is 8.00. The van der Waals surface area contributed by atoms with Gasteiger partial charge in [-0.25, -0.2) is 0 Å². The van der Waals surface area contributed by atoms with Gasteiger partial charge >= 0.3 is 0 Å². The van der Waals surface area contributed by atoms with Crippen molar-refractivity contribution in [1.29, 1.82) is 0 Å². The molecule has 1 aromatic heterocycles. The maximum atomic E-state index is 4.72. The van der Waals surface area contributed by atoms with E-state index >= 15 is 0 Å². The first-order valence-corrected chi connectivity index (χ1v) is 9.76. The molecular weight excluding hydrogens is 330 g/mol. The van der Waals surface area contributed by atoms with E-state index in [0.29, 0.717) is 5.25 Å². The number of nitrogens with one attached hydrogen (secondary N) is 2. The largest absolute Gasteiger partial charge is 0.357 e. The summed E-state index contributed by atoms with van der Waals surface area (Å²) < 4.78 is 1.85. The average Bonchev–Trinajstić information content (AvgIpc) is 3.02. The van der Waals surface area contributed by atoms with Gasteiger partial charge in [0.25, 0.3) is 0 Å². The van der Waals surface area contributed by atoms with Crippen molar-refractivity contribution in [1.82, 2.24) is 20.4 Å². The van der Waals surface area contributed by atoms with E-state index in [1.54, 1.807) is 0 Å². The number of hydrogen-bond donors (Lipinski definition) is 2. The first-order valence-electron chi connectivity index (χ1n) is 8.88. The second-order valence-electron chi connectivity index (χ2n) is 6.01. The van der Waals surface area contributed by atoms with Gasteiger partial charge < -0.3 is 10.6 Å². The van der Waals surface area contributed by atoms with E-state index in [-0.39, 0.29) is 0 Å². The van der Waals surface area contributed by atoms with Crippen LogP contribution in [0.2, 0.25) is 0 Å². The Morgan fingerprint density at radius 3 is 2.76 bits per heavy atom. The molecule has 1 heterocycles. The van der Waals surface area contributed by atoms with Gasteiger partial charge in [-0.2, -0.15) is 5.10 Å². The Kier molecular flexibility index (Phi) is 8.39. The van der Waals surface area contributed by atoms with E-state index in [4.69, 9.17) is 4.99 Å². The molecule has 0 aliphatic carbocycles. The molecule has 25 heavy (non-hydrogen) atoms. The molecule has 0 saturated heterocycles. The summed E-state index contributed by atoms with van der Waals surface area (Å²) in [6.07, 6.45) is 6.09. The highest BCUT2D eigenvalue weighted by Crippen LogP contribution is 2.22. The van der Waals surface area contributed by atoms with E-state index in [9.17, 15) is 0 Å². The van der Waals surface area contributed by atoms with Gasteiger partial charge in [0.05, 0.1) is 12.7 Å². The Bertz CT molecular complexity index is 638. The zero-order valence-electron chi connectivity index (χ0n) is 15.4. The minimum atomic E-state index is 0.438. The van der Waals surface area contributed by atoms with Crippen LogP contribution in [0.5, 0.6) is 0 Å². The molecule has 0 aliphatic rings. The topological polar surface area (TPSA) is 54.2 Å². The van der Waals surface area contributed by atoms with Crippen LogP contribution in [0.3, 0.4) is 0 Å². The molecule has 2 rings (SSSR count). The number of aliphatic imine (C=N–C) groups is 1. The molecule has 0 amide bonds. The first-order chi connectivity index (χ1) is 12.2. The lowest BCUT2D eigenvalue weighted by Crippen LogP contribution is -2.38. The highest BCUT2D eigenvalue weighted by atomic mass is 32.2. The molecule has 0 bridgehead atoms. The Hall–Kier alpha value is -1.95. The van der Waals surface area contributed by atoms with Crippen molar-refractivity contribution in [3.63, 3.8) is 0 Å². The van der Waals surface area contributed by atoms with Gasteiger partial charge in [-0.15, -0.1) is 11.8 Å². The van der Waals surface area contributed by atoms with Crippen molar-refractivity contribution in [3.8, 4) is 0 Å². The van der Waals surface area contributed by atoms with Crippen molar-refractivity contribution in [2.45, 2.75) is 36.8 Å². The third-order valence-electron chi connectivity index (χ3n) is 3.62. The Morgan fingerprint density at radius 1 is 1.28 bits per heavy atom. The third-order valence-corrected chi connectivity index (χ3v) is 4.72. The number of guanidine groups is 1. The molecule has 0 aliphatic heterocycles. The molecule has 2 aromatic rings. The lowest BCUT2D eigenvalue weighted by atomic mass is 10.2. The molecule has 0 radical (unpaired) electrons. The van der Waals surface area contributed by atoms with Crippen molar-refractivity contribution >= 4 is 17.7 Å². The summed E-state index contributed by atoms with van der Waals surface area (Å²) in [5.74, 6) is 0.897. The Morgan fingerprint density at radius 2 is 2.08 bits per heavy atom. The molecule has 136 valence electrons. The third kappa shape index (κ3) is 7.65. The lowest BCUT2D eigenvalue weighted by molar-refractivity contribution is 0.740. The van der Waals surface area contributed by atoms with Crippen LogP contribution in [0.15, 0.2) is 52.6 Å². The van der Waals surface area contributed by atoms with Gasteiger partial charge in [0.15, 0.2) is 5.96 Å². The normalized spacial score (nSPS) is 12.8. The maximum Gasteiger partial charge on any atom is 0.191 e. The second kappa shape index (κ2) is 10.8. The molecule has 0 saturated carbocycles. The predicted molar refractivity (Wildman–Crippen MR) is 107 cm³/mol. The summed E-state index contributed by atoms with van der Waals surface area (Å²) in [6.45, 7) is 6.87. The van der Waals surface area contributed by atoms with Crippen molar-refractivity contribution in [3.05, 3.63) is 48.3 Å². The monoisotopic (exact) mass is 359 g/mol. The molecule has 1 unspecified atom stereocenters. The van der Waals surface area contributed by atoms with E-state index in [1.807, 2.05) is 35.8 Å². The number of rotatable bonds is 9. The number of thioether (sulfide) groups is 1. The number of nitrogens with zero attached hydrogens (tertiary/aromatic N) is 3. The minimum Gasteiger partial charge on any atom is -0.357 e. The molecule has 1 aromatic carbocycles. The average molecular weight is 360 g/mol. The summed E-state index contributed by atoms with van der Waals surface area (Å²) in [4.78, 5) is 6.01. The quantitative estimate of drug-likeness (QED) is 0.313. The fourth-order valence-electron chi connectivity index (χ4n) is 2.43. The van der Waals surface area contributed by atoms with Gasteiger partial charge in [0.2, 0.25) is 0 Å². The van der Waals surface area contributed by atoms with Crippen LogP contribution in [-0.4, -0.2) is 40.6 Å². The van der Waals surface area contributed by atoms with E-state index in [1.165, 1.54) is 10.5 Å². The van der Waals surface area contributed by atoms with Gasteiger partial charge in [-0.05, 0) is 37.5 Å². The lowest BCUT2D eigenvalue weighted by Gasteiger charge is -2.13. The zero-order valence-corrected chi connectivity index (χ0v) is 16.2. The number of aryl methyl sites for hydroxylation is 2. The molecule has 0 spiro atoms.